The molecule has 0 unspecified atom stereocenters. The van der Waals surface area contributed by atoms with Crippen LogP contribution in [0, 0.1) is 13.8 Å². The molecule has 1 amide bonds. The highest BCUT2D eigenvalue weighted by Gasteiger charge is 2.05. The van der Waals surface area contributed by atoms with E-state index in [1.807, 2.05) is 32.0 Å². The van der Waals surface area contributed by atoms with E-state index in [9.17, 15) is 9.59 Å². The summed E-state index contributed by atoms with van der Waals surface area (Å²) < 4.78 is 5.46. The molecular weight excluding hydrogens is 258 g/mol. The van der Waals surface area contributed by atoms with Gasteiger partial charge in [0.15, 0.2) is 6.61 Å². The van der Waals surface area contributed by atoms with Gasteiger partial charge in [-0.1, -0.05) is 17.7 Å². The van der Waals surface area contributed by atoms with Crippen LogP contribution in [0.25, 0.3) is 0 Å². The van der Waals surface area contributed by atoms with Crippen LogP contribution in [0.15, 0.2) is 29.1 Å². The second-order valence-corrected chi connectivity index (χ2v) is 4.62. The lowest BCUT2D eigenvalue weighted by molar-refractivity contribution is -0.123. The number of carbonyl (C=O) groups excluding carboxylic acids is 1. The lowest BCUT2D eigenvalue weighted by Crippen LogP contribution is -2.28. The van der Waals surface area contributed by atoms with Crippen LogP contribution in [-0.2, 0) is 11.3 Å². The highest BCUT2D eigenvalue weighted by atomic mass is 16.5. The Bertz CT molecular complexity index is 658. The lowest BCUT2D eigenvalue weighted by atomic mass is 10.1. The number of carbonyl (C=O) groups is 1. The first-order valence-corrected chi connectivity index (χ1v) is 6.28. The van der Waals surface area contributed by atoms with Gasteiger partial charge in [0, 0.05) is 6.07 Å². The number of aryl methyl sites for hydroxylation is 2. The van der Waals surface area contributed by atoms with E-state index in [0.29, 0.717) is 11.4 Å². The van der Waals surface area contributed by atoms with E-state index in [-0.39, 0.29) is 24.6 Å². The topological polar surface area (TPSA) is 87.0 Å². The highest BCUT2D eigenvalue weighted by molar-refractivity contribution is 5.77. The molecule has 0 bridgehead atoms. The van der Waals surface area contributed by atoms with Gasteiger partial charge in [0.2, 0.25) is 0 Å². The van der Waals surface area contributed by atoms with Gasteiger partial charge in [-0.15, -0.1) is 0 Å². The number of H-pyrrole nitrogens is 2. The Kier molecular flexibility index (Phi) is 4.24. The third-order valence-corrected chi connectivity index (χ3v) is 2.82. The van der Waals surface area contributed by atoms with E-state index in [1.54, 1.807) is 0 Å². The van der Waals surface area contributed by atoms with Gasteiger partial charge in [0.1, 0.15) is 5.75 Å². The van der Waals surface area contributed by atoms with Crippen molar-refractivity contribution < 1.29 is 9.53 Å². The molecule has 2 rings (SSSR count). The Morgan fingerprint density at radius 1 is 1.25 bits per heavy atom. The van der Waals surface area contributed by atoms with Crippen LogP contribution in [-0.4, -0.2) is 22.7 Å². The molecule has 0 spiro atoms. The Labute approximate surface area is 116 Å². The average molecular weight is 275 g/mol. The maximum Gasteiger partial charge on any atom is 0.264 e. The fraction of sp³-hybridized carbons (Fsp3) is 0.286. The zero-order chi connectivity index (χ0) is 14.5. The third-order valence-electron chi connectivity index (χ3n) is 2.82. The predicted molar refractivity (Wildman–Crippen MR) is 74.7 cm³/mol. The standard InChI is InChI=1S/C14H17N3O3/c1-9-3-4-12(10(2)5-9)20-8-14(19)15-7-11-6-13(18)17-16-11/h3-6H,7-8H2,1-2H3,(H,15,19)(H2,16,17,18). The molecule has 0 saturated heterocycles. The van der Waals surface area contributed by atoms with Gasteiger partial charge in [-0.05, 0) is 25.5 Å². The number of nitrogens with one attached hydrogen (secondary N) is 3. The van der Waals surface area contributed by atoms with E-state index in [4.69, 9.17) is 4.74 Å². The summed E-state index contributed by atoms with van der Waals surface area (Å²) >= 11 is 0. The Hall–Kier alpha value is -2.50. The molecule has 0 fully saturated rings. The monoisotopic (exact) mass is 275 g/mol. The second-order valence-electron chi connectivity index (χ2n) is 4.62. The number of hydrogen-bond donors (Lipinski definition) is 3. The van der Waals surface area contributed by atoms with Gasteiger partial charge in [-0.2, -0.15) is 0 Å². The molecule has 0 atom stereocenters. The normalized spacial score (nSPS) is 10.3. The molecule has 0 aliphatic rings. The summed E-state index contributed by atoms with van der Waals surface area (Å²) in [5.41, 5.74) is 2.54. The number of amides is 1. The quantitative estimate of drug-likeness (QED) is 0.761. The van der Waals surface area contributed by atoms with E-state index < -0.39 is 0 Å². The molecule has 20 heavy (non-hydrogen) atoms. The van der Waals surface area contributed by atoms with Crippen molar-refractivity contribution in [2.45, 2.75) is 20.4 Å². The number of rotatable bonds is 5. The van der Waals surface area contributed by atoms with E-state index >= 15 is 0 Å². The van der Waals surface area contributed by atoms with Gasteiger partial charge in [-0.3, -0.25) is 14.7 Å². The number of benzene rings is 1. The SMILES string of the molecule is Cc1ccc(OCC(=O)NCc2cc(=O)[nH][nH]2)c(C)c1. The molecule has 2 aromatic rings. The molecule has 6 heteroatoms. The van der Waals surface area contributed by atoms with Crippen molar-refractivity contribution in [1.29, 1.82) is 0 Å². The fourth-order valence-electron chi connectivity index (χ4n) is 1.82. The Morgan fingerprint density at radius 2 is 2.05 bits per heavy atom. The van der Waals surface area contributed by atoms with Crippen molar-refractivity contribution in [2.75, 3.05) is 6.61 Å². The summed E-state index contributed by atoms with van der Waals surface area (Å²) in [6, 6.07) is 7.18. The van der Waals surface area contributed by atoms with Crippen molar-refractivity contribution in [3.8, 4) is 5.75 Å². The maximum absolute atomic E-state index is 11.6. The van der Waals surface area contributed by atoms with Crippen LogP contribution in [0.5, 0.6) is 5.75 Å². The van der Waals surface area contributed by atoms with Crippen molar-refractivity contribution in [2.24, 2.45) is 0 Å². The highest BCUT2D eigenvalue weighted by Crippen LogP contribution is 2.18. The van der Waals surface area contributed by atoms with Gasteiger partial charge in [0.05, 0.1) is 12.2 Å². The van der Waals surface area contributed by atoms with Gasteiger partial charge < -0.3 is 15.2 Å². The van der Waals surface area contributed by atoms with Crippen molar-refractivity contribution in [1.82, 2.24) is 15.5 Å². The van der Waals surface area contributed by atoms with Crippen LogP contribution < -0.4 is 15.6 Å². The minimum absolute atomic E-state index is 0.0570. The molecule has 6 nitrogen and oxygen atoms in total. The molecule has 0 radical (unpaired) electrons. The molecule has 3 N–H and O–H groups in total. The minimum Gasteiger partial charge on any atom is -0.484 e. The van der Waals surface area contributed by atoms with Crippen LogP contribution in [0.1, 0.15) is 16.8 Å². The summed E-state index contributed by atoms with van der Waals surface area (Å²) in [4.78, 5) is 22.5. The summed E-state index contributed by atoms with van der Waals surface area (Å²) in [5, 5.41) is 7.72. The average Bonchev–Trinajstić information content (AvgIpc) is 2.81. The predicted octanol–water partition coefficient (Wildman–Crippen LogP) is 1.02. The number of aromatic nitrogens is 2. The minimum atomic E-state index is -0.243. The molecule has 1 aromatic heterocycles. The molecule has 0 aliphatic heterocycles. The van der Waals surface area contributed by atoms with Gasteiger partial charge >= 0.3 is 0 Å². The first-order valence-electron chi connectivity index (χ1n) is 6.28. The largest absolute Gasteiger partial charge is 0.484 e. The second kappa shape index (κ2) is 6.10. The number of aromatic amines is 2. The maximum atomic E-state index is 11.6. The molecule has 1 aromatic carbocycles. The van der Waals surface area contributed by atoms with Crippen LogP contribution in [0.3, 0.4) is 0 Å². The summed E-state index contributed by atoms with van der Waals surface area (Å²) in [7, 11) is 0. The summed E-state index contributed by atoms with van der Waals surface area (Å²) in [5.74, 6) is 0.452. The van der Waals surface area contributed by atoms with Crippen LogP contribution in [0.2, 0.25) is 0 Å². The third kappa shape index (κ3) is 3.74. The molecule has 106 valence electrons. The van der Waals surface area contributed by atoms with Crippen LogP contribution >= 0.6 is 0 Å². The van der Waals surface area contributed by atoms with E-state index in [2.05, 4.69) is 15.5 Å². The first-order chi connectivity index (χ1) is 9.54. The zero-order valence-electron chi connectivity index (χ0n) is 11.4. The number of ether oxygens (including phenoxy) is 1. The van der Waals surface area contributed by atoms with E-state index in [1.165, 1.54) is 6.07 Å². The Balaban J connectivity index is 1.81. The zero-order valence-corrected chi connectivity index (χ0v) is 11.4. The molecule has 0 aliphatic carbocycles. The smallest absolute Gasteiger partial charge is 0.264 e. The molecule has 1 heterocycles. The van der Waals surface area contributed by atoms with Gasteiger partial charge in [0.25, 0.3) is 11.5 Å². The summed E-state index contributed by atoms with van der Waals surface area (Å²) in [6.45, 7) is 4.14. The fourth-order valence-corrected chi connectivity index (χ4v) is 1.82. The van der Waals surface area contributed by atoms with Crippen molar-refractivity contribution in [3.05, 3.63) is 51.4 Å². The van der Waals surface area contributed by atoms with Crippen molar-refractivity contribution >= 4 is 5.91 Å². The lowest BCUT2D eigenvalue weighted by Gasteiger charge is -2.09. The van der Waals surface area contributed by atoms with Crippen LogP contribution in [0.4, 0.5) is 0 Å². The summed E-state index contributed by atoms with van der Waals surface area (Å²) in [6.07, 6.45) is 0. The molecular formula is C14H17N3O3. The van der Waals surface area contributed by atoms with Gasteiger partial charge in [-0.25, -0.2) is 0 Å². The van der Waals surface area contributed by atoms with Crippen molar-refractivity contribution in [3.63, 3.8) is 0 Å². The van der Waals surface area contributed by atoms with E-state index in [0.717, 1.165) is 11.1 Å². The Morgan fingerprint density at radius 3 is 2.70 bits per heavy atom. The first kappa shape index (κ1) is 13.9. The number of hydrogen-bond acceptors (Lipinski definition) is 3. The molecule has 0 saturated carbocycles.